The van der Waals surface area contributed by atoms with E-state index in [0.29, 0.717) is 49.9 Å². The van der Waals surface area contributed by atoms with Gasteiger partial charge in [0.15, 0.2) is 5.76 Å². The summed E-state index contributed by atoms with van der Waals surface area (Å²) in [4.78, 5) is 28.6. The Morgan fingerprint density at radius 3 is 2.37 bits per heavy atom. The van der Waals surface area contributed by atoms with E-state index in [1.54, 1.807) is 27.5 Å². The number of aromatic nitrogens is 2. The molecular formula is C22H24N4O4. The van der Waals surface area contributed by atoms with Crippen molar-refractivity contribution in [3.8, 4) is 17.1 Å². The summed E-state index contributed by atoms with van der Waals surface area (Å²) in [5.41, 5.74) is 1.84. The average molecular weight is 408 g/mol. The quantitative estimate of drug-likeness (QED) is 0.661. The van der Waals surface area contributed by atoms with Crippen LogP contribution in [-0.4, -0.2) is 64.4 Å². The van der Waals surface area contributed by atoms with Crippen molar-refractivity contribution >= 4 is 12.0 Å². The molecule has 30 heavy (non-hydrogen) atoms. The standard InChI is InChI=1S/C22H24N4O4/c1-3-29-22(28)25-13-11-24(12-14-25)21(27)19-15-18(20-10-9-16(2)30-20)23-26(19)17-7-5-4-6-8-17/h4-10,15H,3,11-14H2,1-2H3. The average Bonchev–Trinajstić information content (AvgIpc) is 3.41. The molecule has 0 bridgehead atoms. The third-order valence-electron chi connectivity index (χ3n) is 5.01. The third kappa shape index (κ3) is 3.94. The Morgan fingerprint density at radius 2 is 1.73 bits per heavy atom. The van der Waals surface area contributed by atoms with Crippen molar-refractivity contribution in [2.75, 3.05) is 32.8 Å². The van der Waals surface area contributed by atoms with Crippen molar-refractivity contribution in [2.45, 2.75) is 13.8 Å². The van der Waals surface area contributed by atoms with Gasteiger partial charge in [-0.15, -0.1) is 0 Å². The van der Waals surface area contributed by atoms with Gasteiger partial charge in [-0.2, -0.15) is 5.10 Å². The summed E-state index contributed by atoms with van der Waals surface area (Å²) < 4.78 is 12.4. The summed E-state index contributed by atoms with van der Waals surface area (Å²) in [5, 5.41) is 4.64. The molecule has 2 aromatic heterocycles. The number of ether oxygens (including phenoxy) is 1. The maximum atomic E-state index is 13.3. The zero-order chi connectivity index (χ0) is 21.1. The van der Waals surface area contributed by atoms with Crippen molar-refractivity contribution in [2.24, 2.45) is 0 Å². The molecule has 4 rings (SSSR count). The van der Waals surface area contributed by atoms with Gasteiger partial charge < -0.3 is 19.0 Å². The number of hydrogen-bond donors (Lipinski definition) is 0. The molecule has 8 heteroatoms. The Kier molecular flexibility index (Phi) is 5.56. The lowest BCUT2D eigenvalue weighted by atomic mass is 10.2. The number of carbonyl (C=O) groups is 2. The maximum absolute atomic E-state index is 13.3. The van der Waals surface area contributed by atoms with Crippen LogP contribution in [0.1, 0.15) is 23.2 Å². The van der Waals surface area contributed by atoms with Crippen LogP contribution in [0.25, 0.3) is 17.1 Å². The van der Waals surface area contributed by atoms with Crippen LogP contribution in [0, 0.1) is 6.92 Å². The molecule has 0 unspecified atom stereocenters. The molecule has 156 valence electrons. The van der Waals surface area contributed by atoms with Crippen LogP contribution in [0.2, 0.25) is 0 Å². The smallest absolute Gasteiger partial charge is 0.409 e. The molecule has 0 N–H and O–H groups in total. The lowest BCUT2D eigenvalue weighted by molar-refractivity contribution is 0.0563. The Hall–Kier alpha value is -3.55. The van der Waals surface area contributed by atoms with Gasteiger partial charge in [0, 0.05) is 32.2 Å². The number of furan rings is 1. The van der Waals surface area contributed by atoms with E-state index in [0.717, 1.165) is 11.4 Å². The number of hydrogen-bond acceptors (Lipinski definition) is 5. The highest BCUT2D eigenvalue weighted by molar-refractivity contribution is 5.94. The van der Waals surface area contributed by atoms with Crippen molar-refractivity contribution in [1.29, 1.82) is 0 Å². The van der Waals surface area contributed by atoms with Gasteiger partial charge in [-0.3, -0.25) is 4.79 Å². The molecule has 1 aliphatic heterocycles. The molecule has 1 aliphatic rings. The van der Waals surface area contributed by atoms with E-state index in [2.05, 4.69) is 5.10 Å². The normalized spacial score (nSPS) is 14.1. The molecule has 3 heterocycles. The SMILES string of the molecule is CCOC(=O)N1CCN(C(=O)c2cc(-c3ccc(C)o3)nn2-c2ccccc2)CC1. The Morgan fingerprint density at radius 1 is 1.03 bits per heavy atom. The van der Waals surface area contributed by atoms with Gasteiger partial charge in [0.1, 0.15) is 17.1 Å². The molecule has 0 spiro atoms. The fourth-order valence-electron chi connectivity index (χ4n) is 3.46. The summed E-state index contributed by atoms with van der Waals surface area (Å²) in [5.74, 6) is 1.26. The lowest BCUT2D eigenvalue weighted by Gasteiger charge is -2.34. The van der Waals surface area contributed by atoms with E-state index in [1.807, 2.05) is 49.4 Å². The maximum Gasteiger partial charge on any atom is 0.409 e. The Balaban J connectivity index is 1.60. The van der Waals surface area contributed by atoms with Crippen LogP contribution in [0.15, 0.2) is 52.9 Å². The Bertz CT molecular complexity index is 1030. The number of amides is 2. The second kappa shape index (κ2) is 8.44. The summed E-state index contributed by atoms with van der Waals surface area (Å²) >= 11 is 0. The number of carbonyl (C=O) groups excluding carboxylic acids is 2. The summed E-state index contributed by atoms with van der Waals surface area (Å²) in [6.07, 6.45) is -0.339. The van der Waals surface area contributed by atoms with Crippen molar-refractivity contribution < 1.29 is 18.7 Å². The number of rotatable bonds is 4. The van der Waals surface area contributed by atoms with Gasteiger partial charge in [-0.1, -0.05) is 18.2 Å². The van der Waals surface area contributed by atoms with Crippen molar-refractivity contribution in [3.63, 3.8) is 0 Å². The van der Waals surface area contributed by atoms with Crippen LogP contribution in [0.4, 0.5) is 4.79 Å². The predicted octanol–water partition coefficient (Wildman–Crippen LogP) is 3.36. The molecule has 0 aliphatic carbocycles. The van der Waals surface area contributed by atoms with E-state index >= 15 is 0 Å². The molecule has 0 atom stereocenters. The molecular weight excluding hydrogens is 384 g/mol. The monoisotopic (exact) mass is 408 g/mol. The number of nitrogens with zero attached hydrogens (tertiary/aromatic N) is 4. The summed E-state index contributed by atoms with van der Waals surface area (Å²) in [7, 11) is 0. The summed E-state index contributed by atoms with van der Waals surface area (Å²) in [6.45, 7) is 5.73. The second-order valence-corrected chi connectivity index (χ2v) is 7.05. The first-order valence-electron chi connectivity index (χ1n) is 10.00. The molecule has 1 saturated heterocycles. The molecule has 0 radical (unpaired) electrons. The molecule has 1 fully saturated rings. The molecule has 8 nitrogen and oxygen atoms in total. The fourth-order valence-corrected chi connectivity index (χ4v) is 3.46. The van der Waals surface area contributed by atoms with Gasteiger partial charge in [0.25, 0.3) is 5.91 Å². The lowest BCUT2D eigenvalue weighted by Crippen LogP contribution is -2.51. The Labute approximate surface area is 174 Å². The number of benzene rings is 1. The van der Waals surface area contributed by atoms with Crippen LogP contribution in [-0.2, 0) is 4.74 Å². The van der Waals surface area contributed by atoms with Crippen LogP contribution >= 0.6 is 0 Å². The van der Waals surface area contributed by atoms with E-state index in [-0.39, 0.29) is 12.0 Å². The molecule has 2 amide bonds. The fraction of sp³-hybridized carbons (Fsp3) is 0.318. The van der Waals surface area contributed by atoms with Crippen molar-refractivity contribution in [3.05, 3.63) is 60.0 Å². The summed E-state index contributed by atoms with van der Waals surface area (Å²) in [6, 6.07) is 15.0. The number of aryl methyl sites for hydroxylation is 1. The largest absolute Gasteiger partial charge is 0.460 e. The third-order valence-corrected chi connectivity index (χ3v) is 5.01. The second-order valence-electron chi connectivity index (χ2n) is 7.05. The molecule has 1 aromatic carbocycles. The predicted molar refractivity (Wildman–Crippen MR) is 111 cm³/mol. The minimum Gasteiger partial charge on any atom is -0.460 e. The minimum absolute atomic E-state index is 0.135. The van der Waals surface area contributed by atoms with E-state index in [4.69, 9.17) is 9.15 Å². The zero-order valence-electron chi connectivity index (χ0n) is 17.1. The van der Waals surface area contributed by atoms with Gasteiger partial charge in [0.2, 0.25) is 0 Å². The van der Waals surface area contributed by atoms with Gasteiger partial charge in [0.05, 0.1) is 12.3 Å². The zero-order valence-corrected chi connectivity index (χ0v) is 17.1. The highest BCUT2D eigenvalue weighted by atomic mass is 16.6. The van der Waals surface area contributed by atoms with Crippen LogP contribution in [0.5, 0.6) is 0 Å². The van der Waals surface area contributed by atoms with Gasteiger partial charge >= 0.3 is 6.09 Å². The highest BCUT2D eigenvalue weighted by Gasteiger charge is 2.28. The first kappa shape index (κ1) is 19.8. The van der Waals surface area contributed by atoms with Gasteiger partial charge in [-0.25, -0.2) is 9.48 Å². The number of para-hydroxylation sites is 1. The van der Waals surface area contributed by atoms with E-state index in [9.17, 15) is 9.59 Å². The van der Waals surface area contributed by atoms with Crippen molar-refractivity contribution in [1.82, 2.24) is 19.6 Å². The number of piperazine rings is 1. The van der Waals surface area contributed by atoms with Crippen LogP contribution < -0.4 is 0 Å². The molecule has 3 aromatic rings. The minimum atomic E-state index is -0.339. The topological polar surface area (TPSA) is 80.8 Å². The van der Waals surface area contributed by atoms with Gasteiger partial charge in [-0.05, 0) is 38.1 Å². The highest BCUT2D eigenvalue weighted by Crippen LogP contribution is 2.25. The van der Waals surface area contributed by atoms with Crippen LogP contribution in [0.3, 0.4) is 0 Å². The van der Waals surface area contributed by atoms with E-state index < -0.39 is 0 Å². The van der Waals surface area contributed by atoms with E-state index in [1.165, 1.54) is 0 Å². The first-order chi connectivity index (χ1) is 14.6. The first-order valence-corrected chi connectivity index (χ1v) is 10.00. The molecule has 0 saturated carbocycles.